The van der Waals surface area contributed by atoms with E-state index >= 15 is 0 Å². The van der Waals surface area contributed by atoms with Crippen LogP contribution in [0, 0.1) is 11.3 Å². The fraction of sp³-hybridized carbons (Fsp3) is 0.556. The molecule has 0 N–H and O–H groups in total. The Labute approximate surface area is 142 Å². The first-order valence-corrected chi connectivity index (χ1v) is 8.07. The van der Waals surface area contributed by atoms with Crippen LogP contribution in [0.2, 0.25) is 0 Å². The molecule has 0 spiro atoms. The summed E-state index contributed by atoms with van der Waals surface area (Å²) in [7, 11) is 4.63. The number of hydrogen-bond acceptors (Lipinski definition) is 6. The average molecular weight is 332 g/mol. The number of rotatable bonds is 7. The van der Waals surface area contributed by atoms with Gasteiger partial charge < -0.3 is 14.2 Å². The highest BCUT2D eigenvalue weighted by Crippen LogP contribution is 2.39. The van der Waals surface area contributed by atoms with Crippen molar-refractivity contribution >= 4 is 5.97 Å². The van der Waals surface area contributed by atoms with Crippen molar-refractivity contribution in [2.75, 3.05) is 34.4 Å². The molecule has 0 saturated carbocycles. The lowest BCUT2D eigenvalue weighted by atomic mass is 9.89. The van der Waals surface area contributed by atoms with Crippen molar-refractivity contribution in [1.29, 1.82) is 5.26 Å². The molecule has 0 amide bonds. The number of methoxy groups -OCH3 is 3. The normalized spacial score (nSPS) is 16.8. The van der Waals surface area contributed by atoms with Gasteiger partial charge in [-0.3, -0.25) is 9.69 Å². The summed E-state index contributed by atoms with van der Waals surface area (Å²) in [5, 5.41) is 8.76. The highest BCUT2D eigenvalue weighted by atomic mass is 16.5. The fourth-order valence-electron chi connectivity index (χ4n) is 3.19. The minimum absolute atomic E-state index is 0.0697. The van der Waals surface area contributed by atoms with E-state index < -0.39 is 0 Å². The first-order chi connectivity index (χ1) is 11.6. The summed E-state index contributed by atoms with van der Waals surface area (Å²) < 4.78 is 15.7. The number of nitriles is 1. The van der Waals surface area contributed by atoms with Gasteiger partial charge in [-0.05, 0) is 42.6 Å². The van der Waals surface area contributed by atoms with Crippen LogP contribution in [0.25, 0.3) is 0 Å². The van der Waals surface area contributed by atoms with Crippen molar-refractivity contribution in [2.45, 2.75) is 31.7 Å². The van der Waals surface area contributed by atoms with Gasteiger partial charge in [-0.15, -0.1) is 0 Å². The van der Waals surface area contributed by atoms with E-state index in [4.69, 9.17) is 19.5 Å². The molecule has 0 aliphatic carbocycles. The molecule has 0 unspecified atom stereocenters. The molecule has 1 heterocycles. The van der Waals surface area contributed by atoms with Crippen LogP contribution in [0.1, 0.15) is 36.4 Å². The Kier molecular flexibility index (Phi) is 6.44. The monoisotopic (exact) mass is 332 g/mol. The number of ether oxygens (including phenoxy) is 3. The Bertz CT molecular complexity index is 624. The number of nitrogens with zero attached hydrogens (tertiary/aromatic N) is 2. The van der Waals surface area contributed by atoms with E-state index in [9.17, 15) is 4.79 Å². The van der Waals surface area contributed by atoms with Crippen molar-refractivity contribution in [3.8, 4) is 17.6 Å². The molecule has 1 atom stereocenters. The molecule has 2 rings (SSSR count). The van der Waals surface area contributed by atoms with Gasteiger partial charge in [0.05, 0.1) is 33.8 Å². The second-order valence-electron chi connectivity index (χ2n) is 5.75. The van der Waals surface area contributed by atoms with Gasteiger partial charge in [0.25, 0.3) is 0 Å². The van der Waals surface area contributed by atoms with Crippen molar-refractivity contribution in [3.05, 3.63) is 23.3 Å². The quantitative estimate of drug-likeness (QED) is 0.564. The Balaban J connectivity index is 2.34. The number of esters is 1. The van der Waals surface area contributed by atoms with Gasteiger partial charge in [0, 0.05) is 19.0 Å². The van der Waals surface area contributed by atoms with Crippen LogP contribution in [0.4, 0.5) is 0 Å². The number of unbranched alkanes of at least 4 members (excludes halogenated alkanes) is 1. The molecule has 0 saturated heterocycles. The zero-order valence-corrected chi connectivity index (χ0v) is 14.5. The standard InChI is InChI=1S/C18H24N2O4/c1-22-16-10-13-6-9-20(8-5-4-7-19)15(12-18(21)24-3)14(13)11-17(16)23-2/h10-11,15H,4-6,8-9,12H2,1-3H3/t15-/m0/s1. The molecular formula is C18H24N2O4. The summed E-state index contributed by atoms with van der Waals surface area (Å²) >= 11 is 0. The van der Waals surface area contributed by atoms with E-state index in [0.717, 1.165) is 37.1 Å². The largest absolute Gasteiger partial charge is 0.493 e. The number of carbonyl (C=O) groups excluding carboxylic acids is 1. The van der Waals surface area contributed by atoms with Gasteiger partial charge in [0.15, 0.2) is 11.5 Å². The maximum Gasteiger partial charge on any atom is 0.307 e. The van der Waals surface area contributed by atoms with Gasteiger partial charge in [-0.25, -0.2) is 0 Å². The molecule has 6 heteroatoms. The third-order valence-electron chi connectivity index (χ3n) is 4.44. The summed E-state index contributed by atoms with van der Waals surface area (Å²) in [6.07, 6.45) is 2.46. The highest BCUT2D eigenvalue weighted by Gasteiger charge is 2.30. The molecule has 0 aromatic heterocycles. The fourth-order valence-corrected chi connectivity index (χ4v) is 3.19. The van der Waals surface area contributed by atoms with Crippen LogP contribution in [0.5, 0.6) is 11.5 Å². The van der Waals surface area contributed by atoms with Crippen LogP contribution < -0.4 is 9.47 Å². The summed E-state index contributed by atoms with van der Waals surface area (Å²) in [6.45, 7) is 1.62. The van der Waals surface area contributed by atoms with Crippen molar-refractivity contribution < 1.29 is 19.0 Å². The Morgan fingerprint density at radius 2 is 2.00 bits per heavy atom. The van der Waals surface area contributed by atoms with Crippen molar-refractivity contribution in [2.24, 2.45) is 0 Å². The van der Waals surface area contributed by atoms with Gasteiger partial charge >= 0.3 is 5.97 Å². The predicted molar refractivity (Wildman–Crippen MR) is 89.0 cm³/mol. The van der Waals surface area contributed by atoms with Gasteiger partial charge in [-0.1, -0.05) is 0 Å². The molecule has 0 radical (unpaired) electrons. The van der Waals surface area contributed by atoms with Crippen LogP contribution >= 0.6 is 0 Å². The number of fused-ring (bicyclic) bond motifs is 1. The van der Waals surface area contributed by atoms with Gasteiger partial charge in [-0.2, -0.15) is 5.26 Å². The first kappa shape index (κ1) is 18.1. The van der Waals surface area contributed by atoms with Gasteiger partial charge in [0.1, 0.15) is 0 Å². The first-order valence-electron chi connectivity index (χ1n) is 8.07. The zero-order valence-electron chi connectivity index (χ0n) is 14.5. The van der Waals surface area contributed by atoms with E-state index in [1.54, 1.807) is 14.2 Å². The highest BCUT2D eigenvalue weighted by molar-refractivity contribution is 5.70. The minimum atomic E-state index is -0.243. The van der Waals surface area contributed by atoms with Crippen LogP contribution in [-0.2, 0) is 16.0 Å². The van der Waals surface area contributed by atoms with Crippen LogP contribution in [0.15, 0.2) is 12.1 Å². The zero-order chi connectivity index (χ0) is 17.5. The molecule has 0 bridgehead atoms. The molecule has 1 aliphatic heterocycles. The molecule has 1 aromatic carbocycles. The average Bonchev–Trinajstić information content (AvgIpc) is 2.62. The maximum atomic E-state index is 11.9. The second kappa shape index (κ2) is 8.55. The molecule has 1 aliphatic rings. The SMILES string of the molecule is COC(=O)C[C@H]1c2cc(OC)c(OC)cc2CCN1CCCC#N. The molecule has 24 heavy (non-hydrogen) atoms. The number of carbonyl (C=O) groups is 1. The predicted octanol–water partition coefficient (Wildman–Crippen LogP) is 2.47. The smallest absolute Gasteiger partial charge is 0.307 e. The minimum Gasteiger partial charge on any atom is -0.493 e. The van der Waals surface area contributed by atoms with Crippen molar-refractivity contribution in [1.82, 2.24) is 4.90 Å². The van der Waals surface area contributed by atoms with Gasteiger partial charge in [0.2, 0.25) is 0 Å². The van der Waals surface area contributed by atoms with Crippen molar-refractivity contribution in [3.63, 3.8) is 0 Å². The molecular weight excluding hydrogens is 308 g/mol. The second-order valence-corrected chi connectivity index (χ2v) is 5.75. The third kappa shape index (κ3) is 3.98. The van der Waals surface area contributed by atoms with E-state index in [-0.39, 0.29) is 18.4 Å². The maximum absolute atomic E-state index is 11.9. The van der Waals surface area contributed by atoms with E-state index in [1.165, 1.54) is 7.11 Å². The molecule has 130 valence electrons. The summed E-state index contributed by atoms with van der Waals surface area (Å²) in [4.78, 5) is 14.1. The topological polar surface area (TPSA) is 71.8 Å². The lowest BCUT2D eigenvalue weighted by molar-refractivity contribution is -0.142. The Morgan fingerprint density at radius 3 is 2.62 bits per heavy atom. The molecule has 6 nitrogen and oxygen atoms in total. The Morgan fingerprint density at radius 1 is 1.29 bits per heavy atom. The van der Waals surface area contributed by atoms with E-state index in [1.807, 2.05) is 12.1 Å². The lowest BCUT2D eigenvalue weighted by Crippen LogP contribution is -2.37. The van der Waals surface area contributed by atoms with Crippen LogP contribution in [0.3, 0.4) is 0 Å². The summed E-state index contributed by atoms with van der Waals surface area (Å²) in [6, 6.07) is 6.05. The summed E-state index contributed by atoms with van der Waals surface area (Å²) in [5.74, 6) is 1.11. The van der Waals surface area contributed by atoms with E-state index in [0.29, 0.717) is 17.9 Å². The molecule has 1 aromatic rings. The Hall–Kier alpha value is -2.26. The van der Waals surface area contributed by atoms with Crippen LogP contribution in [-0.4, -0.2) is 45.3 Å². The van der Waals surface area contributed by atoms with E-state index in [2.05, 4.69) is 11.0 Å². The number of hydrogen-bond donors (Lipinski definition) is 0. The lowest BCUT2D eigenvalue weighted by Gasteiger charge is -2.37. The number of benzene rings is 1. The third-order valence-corrected chi connectivity index (χ3v) is 4.44. The molecule has 0 fully saturated rings. The summed E-state index contributed by atoms with van der Waals surface area (Å²) in [5.41, 5.74) is 2.24.